The Balaban J connectivity index is 2.35. The summed E-state index contributed by atoms with van der Waals surface area (Å²) in [5, 5.41) is 8.61. The van der Waals surface area contributed by atoms with Crippen molar-refractivity contribution < 1.29 is 0 Å². The number of rotatable bonds is 2. The standard InChI is InChI=1S/C18H18N2O/c1-4-13-7-9-14(10-8-13)17-15-11(2)5-6-12(3)16(15)18(21)20-19-17/h5-10H,4H2,1-3H3,(H,20,21). The van der Waals surface area contributed by atoms with Crippen molar-refractivity contribution in [3.63, 3.8) is 0 Å². The molecule has 106 valence electrons. The normalized spacial score (nSPS) is 11.0. The molecule has 2 aromatic carbocycles. The molecule has 0 unspecified atom stereocenters. The van der Waals surface area contributed by atoms with Gasteiger partial charge in [-0.25, -0.2) is 5.10 Å². The molecule has 0 bridgehead atoms. The molecule has 0 saturated carbocycles. The van der Waals surface area contributed by atoms with Crippen LogP contribution in [0.2, 0.25) is 0 Å². The SMILES string of the molecule is CCc1ccc(-c2n[nH]c(=O)c3c(C)ccc(C)c23)cc1. The highest BCUT2D eigenvalue weighted by Gasteiger charge is 2.12. The van der Waals surface area contributed by atoms with Gasteiger partial charge in [-0.3, -0.25) is 4.79 Å². The van der Waals surface area contributed by atoms with Gasteiger partial charge in [0, 0.05) is 10.9 Å². The monoisotopic (exact) mass is 278 g/mol. The number of nitrogens with zero attached hydrogens (tertiary/aromatic N) is 1. The van der Waals surface area contributed by atoms with Crippen molar-refractivity contribution >= 4 is 10.8 Å². The van der Waals surface area contributed by atoms with Gasteiger partial charge in [0.2, 0.25) is 0 Å². The largest absolute Gasteiger partial charge is 0.272 e. The summed E-state index contributed by atoms with van der Waals surface area (Å²) in [5.74, 6) is 0. The number of aryl methyl sites for hydroxylation is 3. The summed E-state index contributed by atoms with van der Waals surface area (Å²) in [6.45, 7) is 6.12. The quantitative estimate of drug-likeness (QED) is 0.775. The Bertz CT molecular complexity index is 861. The fraction of sp³-hybridized carbons (Fsp3) is 0.222. The lowest BCUT2D eigenvalue weighted by molar-refractivity contribution is 1.01. The highest BCUT2D eigenvalue weighted by Crippen LogP contribution is 2.28. The van der Waals surface area contributed by atoms with Crippen LogP contribution in [-0.2, 0) is 6.42 Å². The van der Waals surface area contributed by atoms with Gasteiger partial charge < -0.3 is 0 Å². The summed E-state index contributed by atoms with van der Waals surface area (Å²) in [6, 6.07) is 12.4. The van der Waals surface area contributed by atoms with Gasteiger partial charge in [0.05, 0.1) is 11.1 Å². The van der Waals surface area contributed by atoms with E-state index in [2.05, 4.69) is 41.4 Å². The minimum Gasteiger partial charge on any atom is -0.267 e. The van der Waals surface area contributed by atoms with Gasteiger partial charge in [0.15, 0.2) is 0 Å². The van der Waals surface area contributed by atoms with Crippen LogP contribution in [0.5, 0.6) is 0 Å². The molecular formula is C18H18N2O. The predicted molar refractivity (Wildman–Crippen MR) is 86.7 cm³/mol. The lowest BCUT2D eigenvalue weighted by Crippen LogP contribution is -2.11. The lowest BCUT2D eigenvalue weighted by Gasteiger charge is -2.10. The molecule has 0 radical (unpaired) electrons. The topological polar surface area (TPSA) is 45.8 Å². The van der Waals surface area contributed by atoms with Crippen LogP contribution >= 0.6 is 0 Å². The first-order valence-corrected chi connectivity index (χ1v) is 7.19. The number of hydrogen-bond acceptors (Lipinski definition) is 2. The van der Waals surface area contributed by atoms with Crippen molar-refractivity contribution in [3.8, 4) is 11.3 Å². The van der Waals surface area contributed by atoms with Crippen LogP contribution in [0, 0.1) is 13.8 Å². The maximum atomic E-state index is 12.1. The van der Waals surface area contributed by atoms with Crippen LogP contribution in [0.1, 0.15) is 23.6 Å². The predicted octanol–water partition coefficient (Wildman–Crippen LogP) is 3.77. The molecule has 1 heterocycles. The van der Waals surface area contributed by atoms with E-state index < -0.39 is 0 Å². The number of nitrogens with one attached hydrogen (secondary N) is 1. The average molecular weight is 278 g/mol. The number of H-pyrrole nitrogens is 1. The summed E-state index contributed by atoms with van der Waals surface area (Å²) in [6.07, 6.45) is 1.01. The molecule has 21 heavy (non-hydrogen) atoms. The molecule has 1 aromatic heterocycles. The van der Waals surface area contributed by atoms with Crippen molar-refractivity contribution in [2.75, 3.05) is 0 Å². The Kier molecular flexibility index (Phi) is 3.34. The second kappa shape index (κ2) is 5.17. The van der Waals surface area contributed by atoms with Crippen molar-refractivity contribution in [1.82, 2.24) is 10.2 Å². The van der Waals surface area contributed by atoms with E-state index in [1.165, 1.54) is 5.56 Å². The van der Waals surface area contributed by atoms with E-state index in [0.29, 0.717) is 0 Å². The number of aromatic amines is 1. The molecule has 0 atom stereocenters. The van der Waals surface area contributed by atoms with Gasteiger partial charge in [-0.15, -0.1) is 0 Å². The lowest BCUT2D eigenvalue weighted by atomic mass is 9.97. The van der Waals surface area contributed by atoms with Gasteiger partial charge in [0.1, 0.15) is 0 Å². The highest BCUT2D eigenvalue weighted by molar-refractivity contribution is 5.97. The highest BCUT2D eigenvalue weighted by atomic mass is 16.1. The minimum absolute atomic E-state index is 0.125. The molecule has 0 spiro atoms. The molecule has 0 amide bonds. The van der Waals surface area contributed by atoms with E-state index >= 15 is 0 Å². The van der Waals surface area contributed by atoms with Gasteiger partial charge in [-0.05, 0) is 37.0 Å². The molecule has 0 fully saturated rings. The van der Waals surface area contributed by atoms with E-state index in [1.807, 2.05) is 26.0 Å². The molecule has 3 nitrogen and oxygen atoms in total. The third-order valence-electron chi connectivity index (χ3n) is 3.99. The third kappa shape index (κ3) is 2.25. The van der Waals surface area contributed by atoms with Crippen LogP contribution in [0.15, 0.2) is 41.2 Å². The van der Waals surface area contributed by atoms with Crippen LogP contribution in [0.3, 0.4) is 0 Å². The zero-order valence-corrected chi connectivity index (χ0v) is 12.5. The minimum atomic E-state index is -0.125. The average Bonchev–Trinajstić information content (AvgIpc) is 2.51. The fourth-order valence-electron chi connectivity index (χ4n) is 2.73. The second-order valence-electron chi connectivity index (χ2n) is 5.40. The number of benzene rings is 2. The molecule has 0 saturated heterocycles. The number of hydrogen-bond donors (Lipinski definition) is 1. The van der Waals surface area contributed by atoms with Crippen molar-refractivity contribution in [3.05, 3.63) is 63.4 Å². The maximum absolute atomic E-state index is 12.1. The summed E-state index contributed by atoms with van der Waals surface area (Å²) in [7, 11) is 0. The van der Waals surface area contributed by atoms with Crippen molar-refractivity contribution in [1.29, 1.82) is 0 Å². The van der Waals surface area contributed by atoms with Crippen LogP contribution in [0.25, 0.3) is 22.0 Å². The van der Waals surface area contributed by atoms with Crippen LogP contribution < -0.4 is 5.56 Å². The molecular weight excluding hydrogens is 260 g/mol. The van der Waals surface area contributed by atoms with Crippen LogP contribution in [-0.4, -0.2) is 10.2 Å². The fourth-order valence-corrected chi connectivity index (χ4v) is 2.73. The van der Waals surface area contributed by atoms with Crippen molar-refractivity contribution in [2.24, 2.45) is 0 Å². The summed E-state index contributed by atoms with van der Waals surface area (Å²) in [4.78, 5) is 12.1. The molecule has 3 rings (SSSR count). The van der Waals surface area contributed by atoms with Crippen molar-refractivity contribution in [2.45, 2.75) is 27.2 Å². The maximum Gasteiger partial charge on any atom is 0.272 e. The van der Waals surface area contributed by atoms with E-state index in [9.17, 15) is 4.79 Å². The molecule has 3 aromatic rings. The van der Waals surface area contributed by atoms with Gasteiger partial charge >= 0.3 is 0 Å². The Morgan fingerprint density at radius 1 is 0.952 bits per heavy atom. The smallest absolute Gasteiger partial charge is 0.267 e. The molecule has 3 heteroatoms. The van der Waals surface area contributed by atoms with E-state index in [-0.39, 0.29) is 5.56 Å². The molecule has 0 aliphatic carbocycles. The number of fused-ring (bicyclic) bond motifs is 1. The summed E-state index contributed by atoms with van der Waals surface area (Å²) >= 11 is 0. The Morgan fingerprint density at radius 3 is 2.19 bits per heavy atom. The van der Waals surface area contributed by atoms with E-state index in [1.54, 1.807) is 0 Å². The van der Waals surface area contributed by atoms with E-state index in [0.717, 1.165) is 39.6 Å². The summed E-state index contributed by atoms with van der Waals surface area (Å²) < 4.78 is 0. The molecule has 1 N–H and O–H groups in total. The Labute approximate surface area is 123 Å². The summed E-state index contributed by atoms with van der Waals surface area (Å²) in [5.41, 5.74) is 5.09. The second-order valence-corrected chi connectivity index (χ2v) is 5.40. The Morgan fingerprint density at radius 2 is 1.57 bits per heavy atom. The molecule has 0 aliphatic rings. The van der Waals surface area contributed by atoms with E-state index in [4.69, 9.17) is 0 Å². The number of aromatic nitrogens is 2. The zero-order chi connectivity index (χ0) is 15.0. The first-order chi connectivity index (χ1) is 10.1. The van der Waals surface area contributed by atoms with Gasteiger partial charge in [-0.1, -0.05) is 43.3 Å². The first-order valence-electron chi connectivity index (χ1n) is 7.19. The Hall–Kier alpha value is -2.42. The third-order valence-corrected chi connectivity index (χ3v) is 3.99. The van der Waals surface area contributed by atoms with Gasteiger partial charge in [0.25, 0.3) is 5.56 Å². The zero-order valence-electron chi connectivity index (χ0n) is 12.5. The van der Waals surface area contributed by atoms with Gasteiger partial charge in [-0.2, -0.15) is 5.10 Å². The first kappa shape index (κ1) is 13.6. The molecule has 0 aliphatic heterocycles. The van der Waals surface area contributed by atoms with Crippen LogP contribution in [0.4, 0.5) is 0 Å².